The Bertz CT molecular complexity index is 755. The van der Waals surface area contributed by atoms with E-state index in [4.69, 9.17) is 16.3 Å². The lowest BCUT2D eigenvalue weighted by molar-refractivity contribution is 0.413. The SMILES string of the molecule is COc1cc(C)c(S(=O)(=O)Nc2cncc(Cl)n2)c(C)c1. The Morgan fingerprint density at radius 1 is 1.19 bits per heavy atom. The molecule has 1 heterocycles. The van der Waals surface area contributed by atoms with Gasteiger partial charge in [-0.15, -0.1) is 0 Å². The summed E-state index contributed by atoms with van der Waals surface area (Å²) >= 11 is 5.70. The van der Waals surface area contributed by atoms with Crippen LogP contribution >= 0.6 is 11.6 Å². The Morgan fingerprint density at radius 2 is 1.81 bits per heavy atom. The van der Waals surface area contributed by atoms with E-state index in [1.807, 2.05) is 0 Å². The fourth-order valence-corrected chi connectivity index (χ4v) is 3.62. The van der Waals surface area contributed by atoms with E-state index in [0.717, 1.165) is 0 Å². The average Bonchev–Trinajstić information content (AvgIpc) is 2.36. The molecule has 0 radical (unpaired) electrons. The first-order valence-corrected chi connectivity index (χ1v) is 7.85. The van der Waals surface area contributed by atoms with Gasteiger partial charge in [-0.2, -0.15) is 0 Å². The van der Waals surface area contributed by atoms with Gasteiger partial charge in [0, 0.05) is 0 Å². The number of hydrogen-bond acceptors (Lipinski definition) is 5. The Morgan fingerprint density at radius 3 is 2.33 bits per heavy atom. The molecule has 1 aromatic heterocycles. The van der Waals surface area contributed by atoms with Crippen molar-refractivity contribution in [1.29, 1.82) is 0 Å². The van der Waals surface area contributed by atoms with Crippen LogP contribution in [0.5, 0.6) is 5.75 Å². The van der Waals surface area contributed by atoms with E-state index in [9.17, 15) is 8.42 Å². The van der Waals surface area contributed by atoms with E-state index in [-0.39, 0.29) is 15.9 Å². The Kier molecular flexibility index (Phi) is 4.34. The quantitative estimate of drug-likeness (QED) is 0.933. The summed E-state index contributed by atoms with van der Waals surface area (Å²) in [5.41, 5.74) is 1.16. The molecule has 6 nitrogen and oxygen atoms in total. The topological polar surface area (TPSA) is 81.2 Å². The van der Waals surface area contributed by atoms with Crippen LogP contribution in [0, 0.1) is 13.8 Å². The van der Waals surface area contributed by atoms with Gasteiger partial charge >= 0.3 is 0 Å². The predicted molar refractivity (Wildman–Crippen MR) is 80.3 cm³/mol. The summed E-state index contributed by atoms with van der Waals surface area (Å²) in [4.78, 5) is 7.84. The highest BCUT2D eigenvalue weighted by molar-refractivity contribution is 7.92. The predicted octanol–water partition coefficient (Wildman–Crippen LogP) is 2.56. The second-order valence-electron chi connectivity index (χ2n) is 4.42. The standard InChI is InChI=1S/C13H14ClN3O3S/c1-8-4-10(20-3)5-9(2)13(8)21(18,19)17-12-7-15-6-11(14)16-12/h4-7H,1-3H3,(H,16,17). The van der Waals surface area contributed by atoms with E-state index in [1.54, 1.807) is 26.0 Å². The summed E-state index contributed by atoms with van der Waals surface area (Å²) in [6, 6.07) is 3.32. The molecule has 0 fully saturated rings. The van der Waals surface area contributed by atoms with Gasteiger partial charge in [-0.25, -0.2) is 13.4 Å². The lowest BCUT2D eigenvalue weighted by Crippen LogP contribution is -2.16. The summed E-state index contributed by atoms with van der Waals surface area (Å²) in [6.45, 7) is 3.40. The Balaban J connectivity index is 2.45. The van der Waals surface area contributed by atoms with Gasteiger partial charge in [-0.05, 0) is 37.1 Å². The normalized spacial score (nSPS) is 11.2. The molecule has 2 aromatic rings. The smallest absolute Gasteiger partial charge is 0.263 e. The first-order valence-electron chi connectivity index (χ1n) is 5.99. The largest absolute Gasteiger partial charge is 0.497 e. The maximum Gasteiger partial charge on any atom is 0.263 e. The van der Waals surface area contributed by atoms with Crippen molar-refractivity contribution < 1.29 is 13.2 Å². The van der Waals surface area contributed by atoms with E-state index >= 15 is 0 Å². The fraction of sp³-hybridized carbons (Fsp3) is 0.231. The number of methoxy groups -OCH3 is 1. The zero-order chi connectivity index (χ0) is 15.6. The first kappa shape index (κ1) is 15.5. The molecule has 1 aromatic carbocycles. The summed E-state index contributed by atoms with van der Waals surface area (Å²) in [5, 5.41) is 0.110. The van der Waals surface area contributed by atoms with Crippen LogP contribution in [0.4, 0.5) is 5.82 Å². The van der Waals surface area contributed by atoms with E-state index in [2.05, 4.69) is 14.7 Å². The lowest BCUT2D eigenvalue weighted by Gasteiger charge is -2.13. The number of hydrogen-bond donors (Lipinski definition) is 1. The molecule has 1 N–H and O–H groups in total. The zero-order valence-electron chi connectivity index (χ0n) is 11.7. The number of nitrogens with one attached hydrogen (secondary N) is 1. The highest BCUT2D eigenvalue weighted by atomic mass is 35.5. The first-order chi connectivity index (χ1) is 9.83. The molecule has 21 heavy (non-hydrogen) atoms. The van der Waals surface area contributed by atoms with Gasteiger partial charge < -0.3 is 4.74 Å². The highest BCUT2D eigenvalue weighted by Gasteiger charge is 2.21. The van der Waals surface area contributed by atoms with Crippen LogP contribution in [0.3, 0.4) is 0 Å². The van der Waals surface area contributed by atoms with Gasteiger partial charge in [0.1, 0.15) is 10.9 Å². The van der Waals surface area contributed by atoms with Gasteiger partial charge in [0.15, 0.2) is 5.82 Å². The average molecular weight is 328 g/mol. The summed E-state index contributed by atoms with van der Waals surface area (Å²) in [7, 11) is -2.25. The number of benzene rings is 1. The molecule has 8 heteroatoms. The Hall–Kier alpha value is -1.86. The molecule has 0 saturated heterocycles. The van der Waals surface area contributed by atoms with Crippen molar-refractivity contribution in [1.82, 2.24) is 9.97 Å². The number of halogens is 1. The third kappa shape index (κ3) is 3.43. The van der Waals surface area contributed by atoms with Crippen molar-refractivity contribution >= 4 is 27.4 Å². The van der Waals surface area contributed by atoms with Gasteiger partial charge in [-0.1, -0.05) is 11.6 Å². The number of sulfonamides is 1. The van der Waals surface area contributed by atoms with E-state index in [1.165, 1.54) is 19.5 Å². The van der Waals surface area contributed by atoms with Crippen LogP contribution in [0.1, 0.15) is 11.1 Å². The van der Waals surface area contributed by atoms with Gasteiger partial charge in [0.2, 0.25) is 0 Å². The third-order valence-corrected chi connectivity index (χ3v) is 4.62. The Labute approximate surface area is 128 Å². The van der Waals surface area contributed by atoms with E-state index < -0.39 is 10.0 Å². The van der Waals surface area contributed by atoms with Crippen LogP contribution < -0.4 is 9.46 Å². The van der Waals surface area contributed by atoms with E-state index in [0.29, 0.717) is 16.9 Å². The fourth-order valence-electron chi connectivity index (χ4n) is 2.03. The molecular formula is C13H14ClN3O3S. The number of anilines is 1. The molecule has 0 spiro atoms. The van der Waals surface area contributed by atoms with Crippen LogP contribution in [0.25, 0.3) is 0 Å². The minimum absolute atomic E-state index is 0.0668. The van der Waals surface area contributed by atoms with Gasteiger partial charge in [0.25, 0.3) is 10.0 Å². The monoisotopic (exact) mass is 327 g/mol. The second kappa shape index (κ2) is 5.87. The highest BCUT2D eigenvalue weighted by Crippen LogP contribution is 2.27. The van der Waals surface area contributed by atoms with Gasteiger partial charge in [0.05, 0.1) is 24.4 Å². The number of aryl methyl sites for hydroxylation is 2. The van der Waals surface area contributed by atoms with Crippen molar-refractivity contribution in [3.8, 4) is 5.75 Å². The molecule has 0 bridgehead atoms. The minimum atomic E-state index is -3.78. The molecule has 2 rings (SSSR count). The maximum absolute atomic E-state index is 12.5. The van der Waals surface area contributed by atoms with Crippen molar-refractivity contribution in [2.75, 3.05) is 11.8 Å². The summed E-state index contributed by atoms with van der Waals surface area (Å²) < 4.78 is 32.5. The number of nitrogens with zero attached hydrogens (tertiary/aromatic N) is 2. The van der Waals surface area contributed by atoms with Crippen molar-refractivity contribution in [2.45, 2.75) is 18.7 Å². The second-order valence-corrected chi connectivity index (χ2v) is 6.43. The number of ether oxygens (including phenoxy) is 1. The number of aromatic nitrogens is 2. The molecule has 0 aliphatic rings. The summed E-state index contributed by atoms with van der Waals surface area (Å²) in [5.74, 6) is 0.670. The lowest BCUT2D eigenvalue weighted by atomic mass is 10.1. The third-order valence-electron chi connectivity index (χ3n) is 2.78. The molecular weight excluding hydrogens is 314 g/mol. The number of rotatable bonds is 4. The molecule has 112 valence electrons. The molecule has 0 atom stereocenters. The molecule has 0 saturated carbocycles. The van der Waals surface area contributed by atoms with Crippen molar-refractivity contribution in [2.24, 2.45) is 0 Å². The van der Waals surface area contributed by atoms with Crippen LogP contribution in [-0.2, 0) is 10.0 Å². The van der Waals surface area contributed by atoms with Crippen molar-refractivity contribution in [3.05, 3.63) is 40.8 Å². The molecule has 0 aliphatic heterocycles. The maximum atomic E-state index is 12.5. The van der Waals surface area contributed by atoms with Crippen molar-refractivity contribution in [3.63, 3.8) is 0 Å². The zero-order valence-corrected chi connectivity index (χ0v) is 13.3. The van der Waals surface area contributed by atoms with Crippen LogP contribution in [0.15, 0.2) is 29.4 Å². The van der Waals surface area contributed by atoms with Crippen LogP contribution in [-0.4, -0.2) is 25.5 Å². The molecule has 0 amide bonds. The molecule has 0 aliphatic carbocycles. The summed E-state index contributed by atoms with van der Waals surface area (Å²) in [6.07, 6.45) is 2.61. The minimum Gasteiger partial charge on any atom is -0.497 e. The molecule has 0 unspecified atom stereocenters. The van der Waals surface area contributed by atoms with Crippen LogP contribution in [0.2, 0.25) is 5.15 Å². The van der Waals surface area contributed by atoms with Gasteiger partial charge in [-0.3, -0.25) is 9.71 Å².